The quantitative estimate of drug-likeness (QED) is 0.772. The molecule has 1 N–H and O–H groups in total. The summed E-state index contributed by atoms with van der Waals surface area (Å²) in [6.07, 6.45) is 3.20. The summed E-state index contributed by atoms with van der Waals surface area (Å²) < 4.78 is 1.67. The van der Waals surface area contributed by atoms with Crippen molar-refractivity contribution in [2.24, 2.45) is 5.92 Å². The normalized spacial score (nSPS) is 15.7. The van der Waals surface area contributed by atoms with Gasteiger partial charge in [-0.2, -0.15) is 4.52 Å². The lowest BCUT2D eigenvalue weighted by molar-refractivity contribution is -0.120. The summed E-state index contributed by atoms with van der Waals surface area (Å²) >= 11 is 1.53. The Labute approximate surface area is 148 Å². The number of amides is 1. The minimum atomic E-state index is 0.0133. The lowest BCUT2D eigenvalue weighted by atomic mass is 9.96. The Morgan fingerprint density at radius 1 is 1.28 bits per heavy atom. The second kappa shape index (κ2) is 6.40. The van der Waals surface area contributed by atoms with Gasteiger partial charge in [-0.15, -0.1) is 26.6 Å². The fourth-order valence-corrected chi connectivity index (χ4v) is 3.81. The molecule has 1 saturated heterocycles. The predicted octanol–water partition coefficient (Wildman–Crippen LogP) is 2.05. The zero-order valence-corrected chi connectivity index (χ0v) is 15.0. The van der Waals surface area contributed by atoms with Crippen molar-refractivity contribution in [2.75, 3.05) is 23.3 Å². The Hall–Kier alpha value is -2.55. The molecule has 3 aromatic heterocycles. The molecule has 0 atom stereocenters. The molecule has 0 saturated carbocycles. The van der Waals surface area contributed by atoms with Crippen LogP contribution in [0.3, 0.4) is 0 Å². The van der Waals surface area contributed by atoms with E-state index in [1.54, 1.807) is 10.8 Å². The van der Waals surface area contributed by atoms with Crippen molar-refractivity contribution in [1.82, 2.24) is 24.8 Å². The minimum absolute atomic E-state index is 0.0133. The summed E-state index contributed by atoms with van der Waals surface area (Å²) in [4.78, 5) is 20.2. The Kier molecular flexibility index (Phi) is 4.08. The highest BCUT2D eigenvalue weighted by Crippen LogP contribution is 2.25. The SMILES string of the molecule is Cc1nc(NC(=O)C2CCN(c3ccc4nncn4n3)CC2)sc1C. The van der Waals surface area contributed by atoms with E-state index in [0.29, 0.717) is 5.13 Å². The van der Waals surface area contributed by atoms with Crippen LogP contribution in [0.1, 0.15) is 23.4 Å². The van der Waals surface area contributed by atoms with Crippen molar-refractivity contribution in [3.05, 3.63) is 29.0 Å². The molecule has 0 spiro atoms. The van der Waals surface area contributed by atoms with Crippen LogP contribution in [0.15, 0.2) is 18.5 Å². The van der Waals surface area contributed by atoms with Gasteiger partial charge in [-0.05, 0) is 38.8 Å². The molecule has 0 aromatic carbocycles. The summed E-state index contributed by atoms with van der Waals surface area (Å²) in [6, 6.07) is 3.85. The number of rotatable bonds is 3. The van der Waals surface area contributed by atoms with Crippen LogP contribution in [0.5, 0.6) is 0 Å². The topological polar surface area (TPSA) is 88.3 Å². The molecule has 25 heavy (non-hydrogen) atoms. The minimum Gasteiger partial charge on any atom is -0.355 e. The van der Waals surface area contributed by atoms with Gasteiger partial charge in [-0.1, -0.05) is 0 Å². The number of nitrogens with one attached hydrogen (secondary N) is 1. The average Bonchev–Trinajstić information content (AvgIpc) is 3.20. The first-order valence-corrected chi connectivity index (χ1v) is 9.09. The Morgan fingerprint density at radius 2 is 2.08 bits per heavy atom. The van der Waals surface area contributed by atoms with E-state index in [4.69, 9.17) is 0 Å². The molecule has 1 aliphatic rings. The lowest BCUT2D eigenvalue weighted by Gasteiger charge is -2.31. The van der Waals surface area contributed by atoms with Crippen molar-refractivity contribution in [1.29, 1.82) is 0 Å². The summed E-state index contributed by atoms with van der Waals surface area (Å²) in [5, 5.41) is 16.0. The van der Waals surface area contributed by atoms with Gasteiger partial charge < -0.3 is 10.2 Å². The highest BCUT2D eigenvalue weighted by molar-refractivity contribution is 7.15. The van der Waals surface area contributed by atoms with Crippen molar-refractivity contribution in [3.63, 3.8) is 0 Å². The molecule has 130 valence electrons. The van der Waals surface area contributed by atoms with E-state index in [9.17, 15) is 4.79 Å². The van der Waals surface area contributed by atoms with E-state index < -0.39 is 0 Å². The average molecular weight is 357 g/mol. The van der Waals surface area contributed by atoms with E-state index in [2.05, 4.69) is 30.5 Å². The van der Waals surface area contributed by atoms with Crippen LogP contribution in [0.2, 0.25) is 0 Å². The molecule has 0 bridgehead atoms. The van der Waals surface area contributed by atoms with Gasteiger partial charge in [-0.25, -0.2) is 4.98 Å². The molecule has 1 fully saturated rings. The van der Waals surface area contributed by atoms with Gasteiger partial charge >= 0.3 is 0 Å². The second-order valence-electron chi connectivity index (χ2n) is 6.24. The van der Waals surface area contributed by atoms with Gasteiger partial charge in [0.25, 0.3) is 0 Å². The molecule has 1 aliphatic heterocycles. The van der Waals surface area contributed by atoms with E-state index >= 15 is 0 Å². The number of fused-ring (bicyclic) bond motifs is 1. The predicted molar refractivity (Wildman–Crippen MR) is 95.9 cm³/mol. The fraction of sp³-hybridized carbons (Fsp3) is 0.438. The van der Waals surface area contributed by atoms with Gasteiger partial charge in [0.05, 0.1) is 5.69 Å². The number of carbonyl (C=O) groups is 1. The van der Waals surface area contributed by atoms with Crippen LogP contribution in [0.25, 0.3) is 5.65 Å². The molecule has 1 amide bonds. The zero-order valence-electron chi connectivity index (χ0n) is 14.1. The van der Waals surface area contributed by atoms with Gasteiger partial charge in [-0.3, -0.25) is 4.79 Å². The Bertz CT molecular complexity index is 891. The van der Waals surface area contributed by atoms with Crippen molar-refractivity contribution in [3.8, 4) is 0 Å². The number of hydrogen-bond donors (Lipinski definition) is 1. The maximum absolute atomic E-state index is 12.5. The van der Waals surface area contributed by atoms with Crippen LogP contribution in [-0.4, -0.2) is 43.8 Å². The van der Waals surface area contributed by atoms with Crippen molar-refractivity contribution < 1.29 is 4.79 Å². The van der Waals surface area contributed by atoms with Gasteiger partial charge in [0.2, 0.25) is 5.91 Å². The number of piperidine rings is 1. The maximum Gasteiger partial charge on any atom is 0.229 e. The number of nitrogens with zero attached hydrogens (tertiary/aromatic N) is 6. The van der Waals surface area contributed by atoms with Gasteiger partial charge in [0, 0.05) is 23.9 Å². The molecular formula is C16H19N7OS. The number of carbonyl (C=O) groups excluding carboxylic acids is 1. The van der Waals surface area contributed by atoms with E-state index in [-0.39, 0.29) is 11.8 Å². The van der Waals surface area contributed by atoms with Crippen molar-refractivity contribution >= 4 is 33.8 Å². The summed E-state index contributed by atoms with van der Waals surface area (Å²) in [7, 11) is 0. The number of hydrogen-bond acceptors (Lipinski definition) is 7. The highest BCUT2D eigenvalue weighted by atomic mass is 32.1. The molecular weight excluding hydrogens is 338 g/mol. The molecule has 3 aromatic rings. The first kappa shape index (κ1) is 15.9. The van der Waals surface area contributed by atoms with Crippen LogP contribution in [0, 0.1) is 19.8 Å². The van der Waals surface area contributed by atoms with Crippen molar-refractivity contribution in [2.45, 2.75) is 26.7 Å². The smallest absolute Gasteiger partial charge is 0.229 e. The third-order valence-corrected chi connectivity index (χ3v) is 5.58. The second-order valence-corrected chi connectivity index (χ2v) is 7.44. The number of anilines is 2. The maximum atomic E-state index is 12.5. The molecule has 4 rings (SSSR count). The molecule has 9 heteroatoms. The third kappa shape index (κ3) is 3.19. The first-order chi connectivity index (χ1) is 12.1. The van der Waals surface area contributed by atoms with Crippen LogP contribution < -0.4 is 10.2 Å². The Morgan fingerprint density at radius 3 is 2.80 bits per heavy atom. The van der Waals surface area contributed by atoms with Crippen LogP contribution in [-0.2, 0) is 4.79 Å². The summed E-state index contributed by atoms with van der Waals surface area (Å²) in [6.45, 7) is 5.57. The van der Waals surface area contributed by atoms with Gasteiger partial charge in [0.1, 0.15) is 12.1 Å². The largest absolute Gasteiger partial charge is 0.355 e. The molecule has 0 radical (unpaired) electrons. The monoisotopic (exact) mass is 357 g/mol. The molecule has 8 nitrogen and oxygen atoms in total. The number of aromatic nitrogens is 5. The standard InChI is InChI=1S/C16H19N7OS/c1-10-11(2)25-16(18-10)19-15(24)12-5-7-22(8-6-12)14-4-3-13-20-17-9-23(13)21-14/h3-4,9,12H,5-8H2,1-2H3,(H,18,19,24). The summed E-state index contributed by atoms with van der Waals surface area (Å²) in [5.41, 5.74) is 1.71. The number of aryl methyl sites for hydroxylation is 2. The lowest BCUT2D eigenvalue weighted by Crippen LogP contribution is -2.38. The molecule has 4 heterocycles. The van der Waals surface area contributed by atoms with E-state index in [0.717, 1.165) is 48.0 Å². The Balaban J connectivity index is 1.38. The third-order valence-electron chi connectivity index (χ3n) is 4.60. The first-order valence-electron chi connectivity index (χ1n) is 8.27. The summed E-state index contributed by atoms with van der Waals surface area (Å²) in [5.74, 6) is 0.965. The molecule has 0 unspecified atom stereocenters. The highest BCUT2D eigenvalue weighted by Gasteiger charge is 2.26. The zero-order chi connectivity index (χ0) is 17.4. The van der Waals surface area contributed by atoms with E-state index in [1.165, 1.54) is 11.3 Å². The van der Waals surface area contributed by atoms with Crippen LogP contribution >= 0.6 is 11.3 Å². The van der Waals surface area contributed by atoms with E-state index in [1.807, 2.05) is 26.0 Å². The fourth-order valence-electron chi connectivity index (χ4n) is 2.99. The van der Waals surface area contributed by atoms with Gasteiger partial charge in [0.15, 0.2) is 10.8 Å². The number of thiazole rings is 1. The van der Waals surface area contributed by atoms with Crippen LogP contribution in [0.4, 0.5) is 10.9 Å². The molecule has 0 aliphatic carbocycles.